The quantitative estimate of drug-likeness (QED) is 0.679. The number of hydrogen-bond acceptors (Lipinski definition) is 4. The molecule has 0 aliphatic rings. The number of rotatable bonds is 5. The van der Waals surface area contributed by atoms with E-state index in [1.807, 2.05) is 24.3 Å². The van der Waals surface area contributed by atoms with E-state index in [9.17, 15) is 4.39 Å². The number of benzene rings is 2. The Morgan fingerprint density at radius 3 is 2.57 bits per heavy atom. The number of halogens is 2. The van der Waals surface area contributed by atoms with Crippen molar-refractivity contribution in [2.45, 2.75) is 6.54 Å². The molecule has 0 bridgehead atoms. The van der Waals surface area contributed by atoms with Crippen molar-refractivity contribution in [1.82, 2.24) is 9.97 Å². The Labute approximate surface area is 141 Å². The zero-order chi connectivity index (χ0) is 16.1. The van der Waals surface area contributed by atoms with Crippen LogP contribution in [0.5, 0.6) is 0 Å². The summed E-state index contributed by atoms with van der Waals surface area (Å²) in [4.78, 5) is 8.55. The van der Waals surface area contributed by atoms with Crippen LogP contribution in [0.15, 0.2) is 65.3 Å². The molecule has 116 valence electrons. The Morgan fingerprint density at radius 2 is 1.78 bits per heavy atom. The molecule has 0 saturated carbocycles. The second-order valence-electron chi connectivity index (χ2n) is 4.84. The van der Waals surface area contributed by atoms with Crippen LogP contribution >= 0.6 is 15.9 Å². The molecule has 3 rings (SSSR count). The van der Waals surface area contributed by atoms with Crippen LogP contribution in [0, 0.1) is 5.82 Å². The SMILES string of the molecule is Fc1ccccc1CNc1ccnc(Nc2ccc(Br)cc2)n1. The summed E-state index contributed by atoms with van der Waals surface area (Å²) in [5.41, 5.74) is 1.48. The smallest absolute Gasteiger partial charge is 0.229 e. The largest absolute Gasteiger partial charge is 0.366 e. The first-order valence-electron chi connectivity index (χ1n) is 7.03. The molecule has 0 unspecified atom stereocenters. The first kappa shape index (κ1) is 15.4. The third-order valence-corrected chi connectivity index (χ3v) is 3.70. The minimum atomic E-state index is -0.234. The van der Waals surface area contributed by atoms with Crippen molar-refractivity contribution in [1.29, 1.82) is 0 Å². The molecule has 0 atom stereocenters. The molecule has 0 saturated heterocycles. The van der Waals surface area contributed by atoms with Gasteiger partial charge < -0.3 is 10.6 Å². The lowest BCUT2D eigenvalue weighted by Gasteiger charge is -2.09. The zero-order valence-electron chi connectivity index (χ0n) is 12.1. The van der Waals surface area contributed by atoms with Gasteiger partial charge in [-0.15, -0.1) is 0 Å². The zero-order valence-corrected chi connectivity index (χ0v) is 13.7. The number of nitrogens with one attached hydrogen (secondary N) is 2. The molecule has 4 nitrogen and oxygen atoms in total. The Hall–Kier alpha value is -2.47. The summed E-state index contributed by atoms with van der Waals surface area (Å²) >= 11 is 3.39. The Bertz CT molecular complexity index is 793. The third-order valence-electron chi connectivity index (χ3n) is 3.17. The van der Waals surface area contributed by atoms with Gasteiger partial charge in [0.1, 0.15) is 11.6 Å². The summed E-state index contributed by atoms with van der Waals surface area (Å²) in [6.45, 7) is 0.363. The lowest BCUT2D eigenvalue weighted by atomic mass is 10.2. The van der Waals surface area contributed by atoms with Crippen LogP contribution < -0.4 is 10.6 Å². The first-order valence-corrected chi connectivity index (χ1v) is 7.83. The van der Waals surface area contributed by atoms with E-state index < -0.39 is 0 Å². The van der Waals surface area contributed by atoms with Crippen LogP contribution in [0.3, 0.4) is 0 Å². The van der Waals surface area contributed by atoms with Gasteiger partial charge in [0.2, 0.25) is 5.95 Å². The predicted octanol–water partition coefficient (Wildman–Crippen LogP) is 4.73. The van der Waals surface area contributed by atoms with E-state index in [4.69, 9.17) is 0 Å². The van der Waals surface area contributed by atoms with Gasteiger partial charge in [0.05, 0.1) is 0 Å². The molecule has 2 aromatic carbocycles. The van der Waals surface area contributed by atoms with Crippen LogP contribution in [0.4, 0.5) is 21.8 Å². The van der Waals surface area contributed by atoms with E-state index in [0.717, 1.165) is 10.2 Å². The minimum Gasteiger partial charge on any atom is -0.366 e. The summed E-state index contributed by atoms with van der Waals surface area (Å²) < 4.78 is 14.6. The summed E-state index contributed by atoms with van der Waals surface area (Å²) in [6, 6.07) is 16.1. The van der Waals surface area contributed by atoms with Crippen molar-refractivity contribution >= 4 is 33.4 Å². The van der Waals surface area contributed by atoms with Crippen molar-refractivity contribution in [2.24, 2.45) is 0 Å². The maximum Gasteiger partial charge on any atom is 0.229 e. The van der Waals surface area contributed by atoms with Crippen LogP contribution in [0.1, 0.15) is 5.56 Å². The Balaban J connectivity index is 1.67. The van der Waals surface area contributed by atoms with Gasteiger partial charge in [0.25, 0.3) is 0 Å². The highest BCUT2D eigenvalue weighted by Gasteiger charge is 2.03. The van der Waals surface area contributed by atoms with E-state index in [1.54, 1.807) is 30.5 Å². The van der Waals surface area contributed by atoms with E-state index >= 15 is 0 Å². The topological polar surface area (TPSA) is 49.8 Å². The first-order chi connectivity index (χ1) is 11.2. The summed E-state index contributed by atoms with van der Waals surface area (Å²) in [5, 5.41) is 6.22. The molecule has 1 heterocycles. The standard InChI is InChI=1S/C17H14BrFN4/c18-13-5-7-14(8-6-13)22-17-20-10-9-16(23-17)21-11-12-3-1-2-4-15(12)19/h1-10H,11H2,(H2,20,21,22,23). The molecule has 0 aliphatic heterocycles. The Kier molecular flexibility index (Phi) is 4.83. The summed E-state index contributed by atoms with van der Waals surface area (Å²) in [6.07, 6.45) is 1.65. The molecule has 3 aromatic rings. The van der Waals surface area contributed by atoms with Crippen molar-refractivity contribution in [3.8, 4) is 0 Å². The van der Waals surface area contributed by atoms with Crippen LogP contribution in [0.25, 0.3) is 0 Å². The lowest BCUT2D eigenvalue weighted by Crippen LogP contribution is -2.05. The fourth-order valence-corrected chi connectivity index (χ4v) is 2.27. The van der Waals surface area contributed by atoms with Crippen molar-refractivity contribution in [3.05, 3.63) is 76.6 Å². The van der Waals surface area contributed by atoms with Gasteiger partial charge >= 0.3 is 0 Å². The number of anilines is 3. The summed E-state index contributed by atoms with van der Waals surface area (Å²) in [7, 11) is 0. The van der Waals surface area contributed by atoms with Gasteiger partial charge in [-0.3, -0.25) is 0 Å². The molecule has 23 heavy (non-hydrogen) atoms. The third kappa shape index (κ3) is 4.26. The molecular weight excluding hydrogens is 359 g/mol. The molecule has 0 fully saturated rings. The molecule has 1 aromatic heterocycles. The van der Waals surface area contributed by atoms with Crippen LogP contribution in [-0.4, -0.2) is 9.97 Å². The van der Waals surface area contributed by atoms with Crippen LogP contribution in [-0.2, 0) is 6.54 Å². The molecular formula is C17H14BrFN4. The maximum absolute atomic E-state index is 13.6. The fourth-order valence-electron chi connectivity index (χ4n) is 2.01. The molecule has 2 N–H and O–H groups in total. The second-order valence-corrected chi connectivity index (χ2v) is 5.76. The van der Waals surface area contributed by atoms with Gasteiger partial charge in [0.15, 0.2) is 0 Å². The van der Waals surface area contributed by atoms with E-state index in [2.05, 4.69) is 36.5 Å². The number of nitrogens with zero attached hydrogens (tertiary/aromatic N) is 2. The van der Waals surface area contributed by atoms with Crippen molar-refractivity contribution in [2.75, 3.05) is 10.6 Å². The lowest BCUT2D eigenvalue weighted by molar-refractivity contribution is 0.613. The van der Waals surface area contributed by atoms with E-state index in [-0.39, 0.29) is 5.82 Å². The van der Waals surface area contributed by atoms with E-state index in [1.165, 1.54) is 6.07 Å². The highest BCUT2D eigenvalue weighted by Crippen LogP contribution is 2.18. The number of hydrogen-bond donors (Lipinski definition) is 2. The van der Waals surface area contributed by atoms with Gasteiger partial charge in [-0.25, -0.2) is 9.37 Å². The molecule has 6 heteroatoms. The normalized spacial score (nSPS) is 10.3. The average Bonchev–Trinajstić information content (AvgIpc) is 2.57. The van der Waals surface area contributed by atoms with Crippen LogP contribution in [0.2, 0.25) is 0 Å². The average molecular weight is 373 g/mol. The predicted molar refractivity (Wildman–Crippen MR) is 93.2 cm³/mol. The van der Waals surface area contributed by atoms with Gasteiger partial charge in [-0.1, -0.05) is 34.1 Å². The van der Waals surface area contributed by atoms with Gasteiger partial charge in [0, 0.05) is 28.5 Å². The molecule has 0 radical (unpaired) electrons. The Morgan fingerprint density at radius 1 is 1.00 bits per heavy atom. The maximum atomic E-state index is 13.6. The van der Waals surface area contributed by atoms with Crippen molar-refractivity contribution in [3.63, 3.8) is 0 Å². The van der Waals surface area contributed by atoms with Gasteiger partial charge in [-0.2, -0.15) is 4.98 Å². The minimum absolute atomic E-state index is 0.234. The summed E-state index contributed by atoms with van der Waals surface area (Å²) in [5.74, 6) is 0.871. The molecule has 0 amide bonds. The number of aromatic nitrogens is 2. The molecule has 0 aliphatic carbocycles. The highest BCUT2D eigenvalue weighted by molar-refractivity contribution is 9.10. The fraction of sp³-hybridized carbons (Fsp3) is 0.0588. The second kappa shape index (κ2) is 7.19. The monoisotopic (exact) mass is 372 g/mol. The van der Waals surface area contributed by atoms with E-state index in [0.29, 0.717) is 23.9 Å². The molecule has 0 spiro atoms. The van der Waals surface area contributed by atoms with Crippen molar-refractivity contribution < 1.29 is 4.39 Å². The highest BCUT2D eigenvalue weighted by atomic mass is 79.9. The van der Waals surface area contributed by atoms with Gasteiger partial charge in [-0.05, 0) is 36.4 Å².